The predicted octanol–water partition coefficient (Wildman–Crippen LogP) is 3.82. The number of amides is 1. The van der Waals surface area contributed by atoms with Crippen LogP contribution in [0.2, 0.25) is 0 Å². The maximum absolute atomic E-state index is 12.1. The molecular weight excluding hydrogens is 260 g/mol. The van der Waals surface area contributed by atoms with Crippen LogP contribution in [0, 0.1) is 11.8 Å². The number of rotatable bonds is 4. The van der Waals surface area contributed by atoms with Crippen LogP contribution >= 0.6 is 0 Å². The van der Waals surface area contributed by atoms with Gasteiger partial charge in [-0.05, 0) is 62.1 Å². The molecule has 0 heterocycles. The van der Waals surface area contributed by atoms with Gasteiger partial charge in [-0.3, -0.25) is 4.79 Å². The Kier molecular flexibility index (Phi) is 4.18. The fraction of sp³-hybridized carbons (Fsp3) is 0.611. The van der Waals surface area contributed by atoms with E-state index in [0.717, 1.165) is 30.0 Å². The molecule has 0 aromatic heterocycles. The van der Waals surface area contributed by atoms with Crippen molar-refractivity contribution in [2.45, 2.75) is 58.0 Å². The Morgan fingerprint density at radius 2 is 1.95 bits per heavy atom. The molecule has 0 saturated heterocycles. The second kappa shape index (κ2) is 6.08. The predicted molar refractivity (Wildman–Crippen MR) is 86.5 cm³/mol. The van der Waals surface area contributed by atoms with Crippen LogP contribution < -0.4 is 10.6 Å². The molecule has 2 N–H and O–H groups in total. The fourth-order valence-corrected chi connectivity index (χ4v) is 3.34. The van der Waals surface area contributed by atoms with Gasteiger partial charge in [0.15, 0.2) is 0 Å². The van der Waals surface area contributed by atoms with E-state index in [-0.39, 0.29) is 5.91 Å². The van der Waals surface area contributed by atoms with E-state index in [1.54, 1.807) is 0 Å². The zero-order valence-corrected chi connectivity index (χ0v) is 13.1. The minimum atomic E-state index is 0.0615. The van der Waals surface area contributed by atoms with Crippen LogP contribution in [0.5, 0.6) is 0 Å². The molecule has 1 amide bonds. The lowest BCUT2D eigenvalue weighted by atomic mass is 9.80. The first-order valence-corrected chi connectivity index (χ1v) is 8.29. The van der Waals surface area contributed by atoms with Gasteiger partial charge in [-0.1, -0.05) is 19.9 Å². The van der Waals surface area contributed by atoms with Crippen LogP contribution in [-0.2, 0) is 0 Å². The Balaban J connectivity index is 1.63. The molecule has 2 saturated carbocycles. The lowest BCUT2D eigenvalue weighted by molar-refractivity contribution is 0.0951. The number of carbonyl (C=O) groups is 1. The van der Waals surface area contributed by atoms with Gasteiger partial charge in [0.05, 0.1) is 0 Å². The summed E-state index contributed by atoms with van der Waals surface area (Å²) in [6, 6.07) is 8.87. The second-order valence-corrected chi connectivity index (χ2v) is 6.97. The zero-order valence-electron chi connectivity index (χ0n) is 13.1. The van der Waals surface area contributed by atoms with Crippen LogP contribution in [0.1, 0.15) is 56.3 Å². The highest BCUT2D eigenvalue weighted by molar-refractivity contribution is 5.95. The number of carbonyl (C=O) groups excluding carboxylic acids is 1. The van der Waals surface area contributed by atoms with Crippen molar-refractivity contribution in [3.05, 3.63) is 29.8 Å². The first-order valence-electron chi connectivity index (χ1n) is 8.29. The first-order chi connectivity index (χ1) is 10.1. The molecule has 114 valence electrons. The molecule has 0 bridgehead atoms. The summed E-state index contributed by atoms with van der Waals surface area (Å²) in [4.78, 5) is 12.1. The molecule has 2 fully saturated rings. The van der Waals surface area contributed by atoms with Crippen molar-refractivity contribution in [2.75, 3.05) is 5.32 Å². The van der Waals surface area contributed by atoms with Gasteiger partial charge in [-0.2, -0.15) is 0 Å². The van der Waals surface area contributed by atoms with Crippen molar-refractivity contribution in [3.8, 4) is 0 Å². The van der Waals surface area contributed by atoms with Crippen molar-refractivity contribution >= 4 is 11.6 Å². The van der Waals surface area contributed by atoms with Crippen molar-refractivity contribution < 1.29 is 4.79 Å². The van der Waals surface area contributed by atoms with Gasteiger partial charge in [-0.15, -0.1) is 0 Å². The number of anilines is 1. The Labute approximate surface area is 127 Å². The fourth-order valence-electron chi connectivity index (χ4n) is 3.34. The van der Waals surface area contributed by atoms with Crippen molar-refractivity contribution in [2.24, 2.45) is 11.8 Å². The average molecular weight is 286 g/mol. The Morgan fingerprint density at radius 3 is 2.67 bits per heavy atom. The molecule has 2 aliphatic rings. The molecule has 1 aromatic carbocycles. The minimum absolute atomic E-state index is 0.0615. The topological polar surface area (TPSA) is 41.1 Å². The summed E-state index contributed by atoms with van der Waals surface area (Å²) in [5.41, 5.74) is 1.84. The third-order valence-corrected chi connectivity index (χ3v) is 4.82. The quantitative estimate of drug-likeness (QED) is 0.883. The minimum Gasteiger partial charge on any atom is -0.382 e. The van der Waals surface area contributed by atoms with Crippen LogP contribution in [0.15, 0.2) is 24.3 Å². The number of hydrogen-bond donors (Lipinski definition) is 2. The van der Waals surface area contributed by atoms with E-state index < -0.39 is 0 Å². The van der Waals surface area contributed by atoms with Gasteiger partial charge >= 0.3 is 0 Å². The van der Waals surface area contributed by atoms with Gasteiger partial charge in [0.2, 0.25) is 0 Å². The maximum Gasteiger partial charge on any atom is 0.251 e. The van der Waals surface area contributed by atoms with Crippen molar-refractivity contribution in [1.82, 2.24) is 5.32 Å². The third kappa shape index (κ3) is 3.78. The highest BCUT2D eigenvalue weighted by Gasteiger charge is 2.26. The van der Waals surface area contributed by atoms with E-state index in [1.807, 2.05) is 18.2 Å². The van der Waals surface area contributed by atoms with Gasteiger partial charge in [0.25, 0.3) is 5.91 Å². The van der Waals surface area contributed by atoms with Crippen molar-refractivity contribution in [1.29, 1.82) is 0 Å². The molecule has 0 spiro atoms. The summed E-state index contributed by atoms with van der Waals surface area (Å²) in [5.74, 6) is 1.60. The average Bonchev–Trinajstić information content (AvgIpc) is 3.26. The summed E-state index contributed by atoms with van der Waals surface area (Å²) in [6.07, 6.45) is 6.06. The highest BCUT2D eigenvalue weighted by Crippen LogP contribution is 2.31. The van der Waals surface area contributed by atoms with Crippen molar-refractivity contribution in [3.63, 3.8) is 0 Å². The smallest absolute Gasteiger partial charge is 0.251 e. The molecule has 3 nitrogen and oxygen atoms in total. The molecule has 3 unspecified atom stereocenters. The second-order valence-electron chi connectivity index (χ2n) is 6.97. The molecule has 1 aromatic rings. The lowest BCUT2D eigenvalue weighted by Crippen LogP contribution is -2.33. The molecule has 21 heavy (non-hydrogen) atoms. The molecule has 3 atom stereocenters. The normalized spacial score (nSPS) is 29.0. The van der Waals surface area contributed by atoms with Crippen LogP contribution in [-0.4, -0.2) is 18.0 Å². The summed E-state index contributed by atoms with van der Waals surface area (Å²) in [7, 11) is 0. The van der Waals surface area contributed by atoms with Gasteiger partial charge in [0.1, 0.15) is 0 Å². The van der Waals surface area contributed by atoms with E-state index in [4.69, 9.17) is 0 Å². The van der Waals surface area contributed by atoms with E-state index in [0.29, 0.717) is 18.0 Å². The number of benzene rings is 1. The molecule has 2 aliphatic carbocycles. The molecule has 0 radical (unpaired) electrons. The molecule has 0 aliphatic heterocycles. The molecule has 3 heteroatoms. The third-order valence-electron chi connectivity index (χ3n) is 4.82. The monoisotopic (exact) mass is 286 g/mol. The van der Waals surface area contributed by atoms with Crippen LogP contribution in [0.4, 0.5) is 5.69 Å². The highest BCUT2D eigenvalue weighted by atomic mass is 16.1. The van der Waals surface area contributed by atoms with Gasteiger partial charge in [-0.25, -0.2) is 0 Å². The Bertz CT molecular complexity index is 510. The number of nitrogens with one attached hydrogen (secondary N) is 2. The summed E-state index contributed by atoms with van der Waals surface area (Å²) in [6.45, 7) is 4.67. The summed E-state index contributed by atoms with van der Waals surface area (Å²) in [5, 5.41) is 6.68. The summed E-state index contributed by atoms with van der Waals surface area (Å²) >= 11 is 0. The van der Waals surface area contributed by atoms with E-state index in [1.165, 1.54) is 19.3 Å². The van der Waals surface area contributed by atoms with Crippen LogP contribution in [0.25, 0.3) is 0 Å². The maximum atomic E-state index is 12.1. The zero-order chi connectivity index (χ0) is 14.8. The molecular formula is C18H26N2O. The van der Waals surface area contributed by atoms with Gasteiger partial charge in [0, 0.05) is 23.3 Å². The Hall–Kier alpha value is -1.51. The summed E-state index contributed by atoms with van der Waals surface area (Å²) < 4.78 is 0. The van der Waals surface area contributed by atoms with Gasteiger partial charge < -0.3 is 10.6 Å². The largest absolute Gasteiger partial charge is 0.382 e. The number of hydrogen-bond acceptors (Lipinski definition) is 2. The lowest BCUT2D eigenvalue weighted by Gasteiger charge is -2.33. The van der Waals surface area contributed by atoms with E-state index in [2.05, 4.69) is 30.5 Å². The first kappa shape index (κ1) is 14.4. The van der Waals surface area contributed by atoms with E-state index in [9.17, 15) is 4.79 Å². The van der Waals surface area contributed by atoms with Crippen LogP contribution in [0.3, 0.4) is 0 Å². The SMILES string of the molecule is CC1CCC(Nc2cccc(C(=O)NC3CC3)c2)C(C)C1. The molecule has 3 rings (SSSR count). The van der Waals surface area contributed by atoms with E-state index >= 15 is 0 Å². The standard InChI is InChI=1S/C18H26N2O/c1-12-6-9-17(13(2)10-12)19-16-5-3-4-14(11-16)18(21)20-15-7-8-15/h3-5,11-13,15,17,19H,6-10H2,1-2H3,(H,20,21). The Morgan fingerprint density at radius 1 is 1.14 bits per heavy atom.